The zero-order valence-corrected chi connectivity index (χ0v) is 59.6. The third-order valence-electron chi connectivity index (χ3n) is 22.8. The van der Waals surface area contributed by atoms with E-state index in [0.717, 1.165) is 5.56 Å². The van der Waals surface area contributed by atoms with Crippen LogP contribution in [0.5, 0.6) is 0 Å². The molecule has 12 unspecified atom stereocenters. The maximum atomic E-state index is 14.2. The molecule has 20 heteroatoms. The summed E-state index contributed by atoms with van der Waals surface area (Å²) in [5, 5.41) is 21.3. The summed E-state index contributed by atoms with van der Waals surface area (Å²) in [6.45, 7) is 28.3. The van der Waals surface area contributed by atoms with Crippen LogP contribution in [0, 0.1) is 65.1 Å². The monoisotopic (exact) mass is 1360 g/mol. The summed E-state index contributed by atoms with van der Waals surface area (Å²) in [6, 6.07) is 36.3. The normalized spacial score (nSPS) is 39.8. The van der Waals surface area contributed by atoms with E-state index in [1.807, 2.05) is 104 Å². The van der Waals surface area contributed by atoms with Gasteiger partial charge in [-0.3, -0.25) is 0 Å². The molecule has 0 amide bonds. The number of hydrogen-bond acceptors (Lipinski definition) is 20. The molecule has 6 fully saturated rings. The van der Waals surface area contributed by atoms with Gasteiger partial charge in [0, 0.05) is 23.7 Å². The molecule has 0 radical (unpaired) electrons. The smallest absolute Gasteiger partial charge is 0.338 e. The molecular weight excluding hydrogens is 1260 g/mol. The molecule has 540 valence electrons. The van der Waals surface area contributed by atoms with Crippen LogP contribution in [0.15, 0.2) is 121 Å². The summed E-state index contributed by atoms with van der Waals surface area (Å²) in [5.41, 5.74) is 2.11. The van der Waals surface area contributed by atoms with Gasteiger partial charge in [-0.25, -0.2) is 14.4 Å². The van der Waals surface area contributed by atoms with E-state index in [2.05, 4.69) is 41.5 Å². The zero-order chi connectivity index (χ0) is 70.1. The van der Waals surface area contributed by atoms with Gasteiger partial charge in [-0.1, -0.05) is 175 Å². The summed E-state index contributed by atoms with van der Waals surface area (Å²) < 4.78 is 102. The Morgan fingerprint density at radius 1 is 0.327 bits per heavy atom. The average molecular weight is 1370 g/mol. The molecule has 6 aliphatic heterocycles. The number of benzene rings is 4. The number of ether oxygens (including phenoxy) is 15. The molecule has 4 aromatic rings. The van der Waals surface area contributed by atoms with Crippen molar-refractivity contribution in [3.8, 4) is 0 Å². The summed E-state index contributed by atoms with van der Waals surface area (Å²) in [4.78, 5) is 41.8. The van der Waals surface area contributed by atoms with Crippen LogP contribution in [0.25, 0.3) is 0 Å². The Balaban J connectivity index is 0.914. The highest BCUT2D eigenvalue weighted by Gasteiger charge is 2.55. The molecule has 0 aliphatic carbocycles. The minimum absolute atomic E-state index is 0.00108. The number of esters is 3. The van der Waals surface area contributed by atoms with Gasteiger partial charge in [0.2, 0.25) is 0 Å². The molecule has 6 heterocycles. The van der Waals surface area contributed by atoms with Crippen molar-refractivity contribution in [3.05, 3.63) is 144 Å². The van der Waals surface area contributed by atoms with Gasteiger partial charge in [-0.05, 0) is 103 Å². The van der Waals surface area contributed by atoms with E-state index in [1.165, 1.54) is 0 Å². The first kappa shape index (κ1) is 75.4. The van der Waals surface area contributed by atoms with E-state index in [9.17, 15) is 24.6 Å². The SMILES string of the molecule is CCC1O[C@H](O[C@@H]2C(OCc3ccccc3)[C@H](C)OC(CO[C@H]3OC(CO[C@H]4OC(CC)[C@@H](C)[C@H](C)C4O[C@H]4OC(CO)[C@@H](C)[C@H](C)C4OC(=O)c4ccccc4)[C@@H](C)[C@H](C)C3OC(=O)c3ccccc3)[C@H]2C)C(O[C@H]2OC(CO)[C@@H](C)[C@H](C)C2OC(=O)c2ccccc2)[C@@H](C)[C@@H]1C. The first-order chi connectivity index (χ1) is 47.1. The molecule has 10 rings (SSSR count). The fourth-order valence-corrected chi connectivity index (χ4v) is 15.1. The van der Waals surface area contributed by atoms with Crippen LogP contribution in [0.3, 0.4) is 0 Å². The van der Waals surface area contributed by atoms with E-state index >= 15 is 0 Å². The van der Waals surface area contributed by atoms with Crippen LogP contribution >= 0.6 is 0 Å². The molecule has 20 nitrogen and oxygen atoms in total. The van der Waals surface area contributed by atoms with Crippen LogP contribution in [0.2, 0.25) is 0 Å². The molecule has 30 atom stereocenters. The molecule has 6 aliphatic rings. The van der Waals surface area contributed by atoms with E-state index in [0.29, 0.717) is 29.5 Å². The van der Waals surface area contributed by atoms with Crippen molar-refractivity contribution in [3.63, 3.8) is 0 Å². The highest BCUT2D eigenvalue weighted by Crippen LogP contribution is 2.45. The summed E-state index contributed by atoms with van der Waals surface area (Å²) in [5.74, 6) is -3.82. The van der Waals surface area contributed by atoms with Crippen LogP contribution in [-0.2, 0) is 77.7 Å². The Bertz CT molecular complexity index is 3090. The Morgan fingerprint density at radius 3 is 1.05 bits per heavy atom. The topological polar surface area (TPSA) is 230 Å². The Hall–Kier alpha value is -5.27. The number of carbonyl (C=O) groups excluding carboxylic acids is 3. The fraction of sp³-hybridized carbons (Fsp3) is 0.654. The van der Waals surface area contributed by atoms with Crippen molar-refractivity contribution in [1.29, 1.82) is 0 Å². The number of hydrogen-bond donors (Lipinski definition) is 2. The van der Waals surface area contributed by atoms with Crippen LogP contribution < -0.4 is 0 Å². The highest BCUT2D eigenvalue weighted by atomic mass is 16.8. The van der Waals surface area contributed by atoms with Crippen LogP contribution in [0.1, 0.15) is 146 Å². The lowest BCUT2D eigenvalue weighted by Gasteiger charge is -2.51. The lowest BCUT2D eigenvalue weighted by molar-refractivity contribution is -0.365. The maximum absolute atomic E-state index is 14.2. The molecule has 4 aromatic carbocycles. The average Bonchev–Trinajstić information content (AvgIpc) is 0.774. The highest BCUT2D eigenvalue weighted by molar-refractivity contribution is 5.90. The fourth-order valence-electron chi connectivity index (χ4n) is 15.1. The third kappa shape index (κ3) is 17.3. The quantitative estimate of drug-likeness (QED) is 0.0464. The Labute approximate surface area is 579 Å². The second-order valence-electron chi connectivity index (χ2n) is 28.7. The summed E-state index contributed by atoms with van der Waals surface area (Å²) in [7, 11) is 0. The number of aliphatic hydroxyl groups is 2. The van der Waals surface area contributed by atoms with Crippen molar-refractivity contribution in [2.24, 2.45) is 65.1 Å². The minimum atomic E-state index is -1.13. The van der Waals surface area contributed by atoms with Crippen molar-refractivity contribution in [1.82, 2.24) is 0 Å². The largest absolute Gasteiger partial charge is 0.453 e. The molecule has 6 saturated heterocycles. The van der Waals surface area contributed by atoms with Crippen molar-refractivity contribution in [2.75, 3.05) is 26.4 Å². The standard InChI is InChI=1S/C78H108O20/c1-15-58-42(3)47(8)66(97-76-67(49(10)44(5)60(37-79)90-76)94-72(82)56-33-25-19-26-34-56)75(88-58)85-40-62-46(7)51(12)65(93-71(81)55-31-23-18-24-32-55)74(92-62)86-41-63-52(13)64(70(53(14)87-63)84-39-54-29-21-17-22-30-54)96-78-69(48(9)43(4)59(16-2)89-78)98-77-68(50(11)45(6)61(38-80)91-77)95-73(83)57-35-27-20-28-36-57/h17-36,42-53,58-70,74-80H,15-16,37-41H2,1-14H3/t42-,43-,44-,45-,46-,47-,48-,49-,50-,51-,52+,53-,58?,59?,60?,61?,62?,63?,64-,65?,66?,67?,68?,69?,70?,74-,75-,76+,77+,78+/m0/s1. The molecular formula is C78H108O20. The number of rotatable bonds is 25. The third-order valence-corrected chi connectivity index (χ3v) is 22.8. The van der Waals surface area contributed by atoms with E-state index < -0.39 is 129 Å². The van der Waals surface area contributed by atoms with Gasteiger partial charge in [0.1, 0.15) is 18.3 Å². The number of aliphatic hydroxyl groups excluding tert-OH is 2. The van der Waals surface area contributed by atoms with Crippen molar-refractivity contribution < 1.29 is 95.6 Å². The predicted octanol–water partition coefficient (Wildman–Crippen LogP) is 11.7. The van der Waals surface area contributed by atoms with Crippen LogP contribution in [-0.4, -0.2) is 171 Å². The van der Waals surface area contributed by atoms with Gasteiger partial charge >= 0.3 is 17.9 Å². The first-order valence-electron chi connectivity index (χ1n) is 35.9. The maximum Gasteiger partial charge on any atom is 0.338 e. The molecule has 0 bridgehead atoms. The van der Waals surface area contributed by atoms with E-state index in [1.54, 1.807) is 72.8 Å². The molecule has 0 aromatic heterocycles. The second kappa shape index (κ2) is 34.6. The van der Waals surface area contributed by atoms with Gasteiger partial charge in [0.25, 0.3) is 0 Å². The molecule has 98 heavy (non-hydrogen) atoms. The second-order valence-corrected chi connectivity index (χ2v) is 28.7. The van der Waals surface area contributed by atoms with Gasteiger partial charge in [0.15, 0.2) is 49.8 Å². The van der Waals surface area contributed by atoms with Crippen LogP contribution in [0.4, 0.5) is 0 Å². The Morgan fingerprint density at radius 2 is 0.633 bits per heavy atom. The van der Waals surface area contributed by atoms with E-state index in [4.69, 9.17) is 71.1 Å². The van der Waals surface area contributed by atoms with Gasteiger partial charge in [0.05, 0.1) is 98.6 Å². The zero-order valence-electron chi connectivity index (χ0n) is 59.6. The van der Waals surface area contributed by atoms with Crippen molar-refractivity contribution >= 4 is 17.9 Å². The van der Waals surface area contributed by atoms with Gasteiger partial charge in [-0.2, -0.15) is 0 Å². The first-order valence-corrected chi connectivity index (χ1v) is 35.9. The summed E-state index contributed by atoms with van der Waals surface area (Å²) in [6.07, 6.45) is -12.8. The predicted molar refractivity (Wildman–Crippen MR) is 362 cm³/mol. The molecule has 0 spiro atoms. The Kier molecular flexibility index (Phi) is 26.6. The summed E-state index contributed by atoms with van der Waals surface area (Å²) >= 11 is 0. The van der Waals surface area contributed by atoms with E-state index in [-0.39, 0.29) is 104 Å². The minimum Gasteiger partial charge on any atom is -0.453 e. The molecule has 0 saturated carbocycles. The lowest BCUT2D eigenvalue weighted by atomic mass is 9.81. The lowest BCUT2D eigenvalue weighted by Crippen LogP contribution is -2.62. The van der Waals surface area contributed by atoms with Crippen molar-refractivity contribution in [2.45, 2.75) is 233 Å². The van der Waals surface area contributed by atoms with Gasteiger partial charge in [-0.15, -0.1) is 0 Å². The molecule has 2 N–H and O–H groups in total. The number of carbonyl (C=O) groups is 3. The van der Waals surface area contributed by atoms with Gasteiger partial charge < -0.3 is 81.3 Å².